The van der Waals surface area contributed by atoms with Gasteiger partial charge in [-0.3, -0.25) is 10.1 Å². The number of nitrogens with one attached hydrogen (secondary N) is 1. The van der Waals surface area contributed by atoms with Gasteiger partial charge in [-0.2, -0.15) is 0 Å². The number of methoxy groups -OCH3 is 1. The lowest BCUT2D eigenvalue weighted by Gasteiger charge is -2.15. The summed E-state index contributed by atoms with van der Waals surface area (Å²) in [5.74, 6) is -1.77. The summed E-state index contributed by atoms with van der Waals surface area (Å²) in [6.45, 7) is 0.644. The monoisotopic (exact) mass is 261 g/mol. The summed E-state index contributed by atoms with van der Waals surface area (Å²) in [5.41, 5.74) is 0.0149. The lowest BCUT2D eigenvalue weighted by molar-refractivity contribution is -0.139. The summed E-state index contributed by atoms with van der Waals surface area (Å²) < 4.78 is 18.3. The van der Waals surface area contributed by atoms with Gasteiger partial charge in [-0.1, -0.05) is 11.6 Å². The first-order valence-electron chi connectivity index (χ1n) is 4.96. The van der Waals surface area contributed by atoms with Gasteiger partial charge in [0.2, 0.25) is 0 Å². The van der Waals surface area contributed by atoms with Crippen molar-refractivity contribution in [1.29, 1.82) is 0 Å². The van der Waals surface area contributed by atoms with Crippen molar-refractivity contribution in [2.45, 2.75) is 6.04 Å². The van der Waals surface area contributed by atoms with Crippen LogP contribution in [0.25, 0.3) is 0 Å². The molecule has 0 spiro atoms. The summed E-state index contributed by atoms with van der Waals surface area (Å²) in [6.07, 6.45) is 0. The van der Waals surface area contributed by atoms with E-state index in [1.54, 1.807) is 0 Å². The van der Waals surface area contributed by atoms with E-state index >= 15 is 0 Å². The average Bonchev–Trinajstić information content (AvgIpc) is 2.28. The van der Waals surface area contributed by atoms with Crippen molar-refractivity contribution in [3.05, 3.63) is 34.6 Å². The minimum atomic E-state index is -1.16. The Morgan fingerprint density at radius 2 is 2.35 bits per heavy atom. The molecule has 1 atom stereocenters. The van der Waals surface area contributed by atoms with Crippen LogP contribution in [-0.2, 0) is 9.53 Å². The molecule has 0 bridgehead atoms. The number of carboxylic acid groups (broad SMARTS) is 1. The Kier molecular flexibility index (Phi) is 5.34. The number of carbonyl (C=O) groups is 1. The van der Waals surface area contributed by atoms with E-state index in [1.807, 2.05) is 0 Å². The molecule has 0 amide bonds. The van der Waals surface area contributed by atoms with Crippen molar-refractivity contribution in [2.24, 2.45) is 0 Å². The van der Waals surface area contributed by atoms with Gasteiger partial charge in [0.25, 0.3) is 0 Å². The minimum Gasteiger partial charge on any atom is -0.480 e. The summed E-state index contributed by atoms with van der Waals surface area (Å²) in [5, 5.41) is 12.0. The predicted molar refractivity (Wildman–Crippen MR) is 61.7 cm³/mol. The maximum Gasteiger partial charge on any atom is 0.325 e. The van der Waals surface area contributed by atoms with Crippen LogP contribution in [0.5, 0.6) is 0 Å². The zero-order chi connectivity index (χ0) is 12.8. The second-order valence-electron chi connectivity index (χ2n) is 3.38. The third kappa shape index (κ3) is 3.96. The van der Waals surface area contributed by atoms with Crippen LogP contribution in [0.2, 0.25) is 5.02 Å². The second kappa shape index (κ2) is 6.54. The highest BCUT2D eigenvalue weighted by molar-refractivity contribution is 6.30. The zero-order valence-corrected chi connectivity index (χ0v) is 10.00. The predicted octanol–water partition coefficient (Wildman–Crippen LogP) is 1.84. The van der Waals surface area contributed by atoms with Crippen molar-refractivity contribution in [1.82, 2.24) is 5.32 Å². The van der Waals surface area contributed by atoms with Crippen LogP contribution in [0.1, 0.15) is 11.6 Å². The molecule has 0 aliphatic heterocycles. The summed E-state index contributed by atoms with van der Waals surface area (Å²) >= 11 is 5.71. The number of halogens is 2. The van der Waals surface area contributed by atoms with Crippen LogP contribution in [0.3, 0.4) is 0 Å². The van der Waals surface area contributed by atoms with Crippen LogP contribution in [0, 0.1) is 5.82 Å². The topological polar surface area (TPSA) is 58.6 Å². The van der Waals surface area contributed by atoms with Gasteiger partial charge in [-0.05, 0) is 18.2 Å². The highest BCUT2D eigenvalue weighted by Gasteiger charge is 2.22. The molecule has 1 unspecified atom stereocenters. The quantitative estimate of drug-likeness (QED) is 0.767. The van der Waals surface area contributed by atoms with Crippen molar-refractivity contribution in [2.75, 3.05) is 20.3 Å². The number of benzene rings is 1. The number of ether oxygens (including phenoxy) is 1. The molecule has 0 saturated carbocycles. The molecule has 4 nitrogen and oxygen atoms in total. The average molecular weight is 262 g/mol. The Labute approximate surface area is 103 Å². The third-order valence-corrected chi connectivity index (χ3v) is 2.41. The van der Waals surface area contributed by atoms with E-state index in [0.29, 0.717) is 18.2 Å². The Hall–Kier alpha value is -1.17. The highest BCUT2D eigenvalue weighted by Crippen LogP contribution is 2.21. The zero-order valence-electron chi connectivity index (χ0n) is 9.24. The lowest BCUT2D eigenvalue weighted by Crippen LogP contribution is -2.31. The number of aliphatic carboxylic acids is 1. The fraction of sp³-hybridized carbons (Fsp3) is 0.364. The van der Waals surface area contributed by atoms with E-state index < -0.39 is 17.8 Å². The molecule has 94 valence electrons. The molecule has 0 fully saturated rings. The minimum absolute atomic E-state index is 0.0149. The molecular weight excluding hydrogens is 249 g/mol. The van der Waals surface area contributed by atoms with Gasteiger partial charge < -0.3 is 9.84 Å². The fourth-order valence-electron chi connectivity index (χ4n) is 1.37. The van der Waals surface area contributed by atoms with Crippen LogP contribution in [0.4, 0.5) is 4.39 Å². The third-order valence-electron chi connectivity index (χ3n) is 2.17. The Balaban J connectivity index is 2.89. The van der Waals surface area contributed by atoms with Crippen molar-refractivity contribution in [3.63, 3.8) is 0 Å². The van der Waals surface area contributed by atoms with Gasteiger partial charge in [0.15, 0.2) is 0 Å². The smallest absolute Gasteiger partial charge is 0.325 e. The molecule has 1 aromatic rings. The Morgan fingerprint density at radius 1 is 1.65 bits per heavy atom. The van der Waals surface area contributed by atoms with Crippen molar-refractivity contribution in [3.8, 4) is 0 Å². The SMILES string of the molecule is COCCNC(C(=O)O)c1cc(Cl)ccc1F. The molecule has 0 aliphatic carbocycles. The molecule has 17 heavy (non-hydrogen) atoms. The number of hydrogen-bond donors (Lipinski definition) is 2. The molecule has 0 aliphatic rings. The van der Waals surface area contributed by atoms with E-state index in [1.165, 1.54) is 19.2 Å². The lowest BCUT2D eigenvalue weighted by atomic mass is 10.1. The van der Waals surface area contributed by atoms with Crippen LogP contribution in [-0.4, -0.2) is 31.3 Å². The number of carboxylic acids is 1. The van der Waals surface area contributed by atoms with E-state index in [2.05, 4.69) is 5.32 Å². The second-order valence-corrected chi connectivity index (χ2v) is 3.82. The Bertz CT molecular complexity index is 400. The van der Waals surface area contributed by atoms with Gasteiger partial charge in [0, 0.05) is 24.2 Å². The maximum atomic E-state index is 13.5. The Morgan fingerprint density at radius 3 is 2.94 bits per heavy atom. The largest absolute Gasteiger partial charge is 0.480 e. The summed E-state index contributed by atoms with van der Waals surface area (Å²) in [6, 6.07) is 2.68. The fourth-order valence-corrected chi connectivity index (χ4v) is 1.55. The van der Waals surface area contributed by atoms with Gasteiger partial charge >= 0.3 is 5.97 Å². The van der Waals surface area contributed by atoms with E-state index in [0.717, 1.165) is 6.07 Å². The first-order chi connectivity index (χ1) is 8.06. The summed E-state index contributed by atoms with van der Waals surface area (Å²) in [4.78, 5) is 11.0. The molecule has 0 aromatic heterocycles. The number of hydrogen-bond acceptors (Lipinski definition) is 3. The molecule has 0 saturated heterocycles. The molecule has 1 aromatic carbocycles. The molecule has 1 rings (SSSR count). The molecule has 0 heterocycles. The van der Waals surface area contributed by atoms with Crippen LogP contribution < -0.4 is 5.32 Å². The van der Waals surface area contributed by atoms with E-state index in [-0.39, 0.29) is 5.56 Å². The molecule has 0 radical (unpaired) electrons. The first kappa shape index (κ1) is 13.9. The molecular formula is C11H13ClFNO3. The maximum absolute atomic E-state index is 13.5. The molecule has 6 heteroatoms. The highest BCUT2D eigenvalue weighted by atomic mass is 35.5. The number of rotatable bonds is 6. The first-order valence-corrected chi connectivity index (χ1v) is 5.34. The van der Waals surface area contributed by atoms with Gasteiger partial charge in [-0.25, -0.2) is 4.39 Å². The van der Waals surface area contributed by atoms with E-state index in [4.69, 9.17) is 21.4 Å². The van der Waals surface area contributed by atoms with Crippen molar-refractivity contribution >= 4 is 17.6 Å². The van der Waals surface area contributed by atoms with Gasteiger partial charge in [0.1, 0.15) is 11.9 Å². The van der Waals surface area contributed by atoms with Gasteiger partial charge in [-0.15, -0.1) is 0 Å². The normalized spacial score (nSPS) is 12.4. The summed E-state index contributed by atoms with van der Waals surface area (Å²) in [7, 11) is 1.50. The standard InChI is InChI=1S/C11H13ClFNO3/c1-17-5-4-14-10(11(15)16)8-6-7(12)2-3-9(8)13/h2-3,6,10,14H,4-5H2,1H3,(H,15,16). The molecule has 2 N–H and O–H groups in total. The van der Waals surface area contributed by atoms with Gasteiger partial charge in [0.05, 0.1) is 6.61 Å². The van der Waals surface area contributed by atoms with Crippen molar-refractivity contribution < 1.29 is 19.0 Å². The van der Waals surface area contributed by atoms with E-state index in [9.17, 15) is 9.18 Å². The van der Waals surface area contributed by atoms with Crippen LogP contribution >= 0.6 is 11.6 Å². The van der Waals surface area contributed by atoms with Crippen LogP contribution in [0.15, 0.2) is 18.2 Å².